The number of rotatable bonds is 13. The minimum Gasteiger partial charge on any atom is -0.485 e. The van der Waals surface area contributed by atoms with Gasteiger partial charge in [0.15, 0.2) is 11.0 Å². The van der Waals surface area contributed by atoms with E-state index in [0.717, 1.165) is 28.2 Å². The molecule has 0 spiro atoms. The van der Waals surface area contributed by atoms with E-state index >= 15 is 0 Å². The van der Waals surface area contributed by atoms with Gasteiger partial charge in [0.2, 0.25) is 5.91 Å². The number of aryl methyl sites for hydroxylation is 2. The summed E-state index contributed by atoms with van der Waals surface area (Å²) in [6.07, 6.45) is 1.71. The maximum absolute atomic E-state index is 12.9. The molecule has 0 aliphatic carbocycles. The van der Waals surface area contributed by atoms with Crippen LogP contribution < -0.4 is 10.1 Å². The topological polar surface area (TPSA) is 122 Å². The SMILES string of the molecule is C=CCn1c(COc2ccc(C)cc2C)nnc1SCC(=O)Nc1sc(C(=O)OCC)c(C)c1C(=O)OCC. The zero-order chi connectivity index (χ0) is 28.5. The molecular weight excluding hydrogens is 540 g/mol. The van der Waals surface area contributed by atoms with Crippen molar-refractivity contribution < 1.29 is 28.6 Å². The number of thiophene rings is 1. The van der Waals surface area contributed by atoms with E-state index in [9.17, 15) is 14.4 Å². The second-order valence-corrected chi connectivity index (χ2v) is 10.4. The normalized spacial score (nSPS) is 10.7. The van der Waals surface area contributed by atoms with Crippen LogP contribution >= 0.6 is 23.1 Å². The van der Waals surface area contributed by atoms with Gasteiger partial charge >= 0.3 is 11.9 Å². The average molecular weight is 573 g/mol. The second kappa shape index (κ2) is 13.9. The molecular formula is C27H32N4O6S2. The number of ether oxygens (including phenoxy) is 3. The Hall–Kier alpha value is -3.64. The van der Waals surface area contributed by atoms with Gasteiger partial charge in [-0.25, -0.2) is 9.59 Å². The third-order valence-corrected chi connectivity index (χ3v) is 7.62. The summed E-state index contributed by atoms with van der Waals surface area (Å²) in [5, 5.41) is 12.0. The number of nitrogens with one attached hydrogen (secondary N) is 1. The van der Waals surface area contributed by atoms with Gasteiger partial charge < -0.3 is 19.5 Å². The van der Waals surface area contributed by atoms with Gasteiger partial charge in [0.05, 0.1) is 24.5 Å². The number of thioether (sulfide) groups is 1. The van der Waals surface area contributed by atoms with E-state index in [-0.39, 0.29) is 46.9 Å². The lowest BCUT2D eigenvalue weighted by atomic mass is 10.1. The number of hydrogen-bond donors (Lipinski definition) is 1. The summed E-state index contributed by atoms with van der Waals surface area (Å²) >= 11 is 2.16. The molecule has 0 aliphatic heterocycles. The molecule has 1 amide bonds. The highest BCUT2D eigenvalue weighted by Crippen LogP contribution is 2.34. The van der Waals surface area contributed by atoms with Gasteiger partial charge in [0.1, 0.15) is 22.2 Å². The van der Waals surface area contributed by atoms with Crippen molar-refractivity contribution in [3.05, 3.63) is 63.8 Å². The van der Waals surface area contributed by atoms with Gasteiger partial charge in [-0.05, 0) is 51.8 Å². The maximum atomic E-state index is 12.9. The fourth-order valence-electron chi connectivity index (χ4n) is 3.68. The standard InChI is InChI=1S/C27H32N4O6S2/c1-7-12-31-20(14-37-19-11-10-16(4)13-17(19)5)29-30-27(31)38-15-21(32)28-24-22(25(33)35-8-2)18(6)23(39-24)26(34)36-9-3/h7,10-11,13H,1,8-9,12,14-15H2,2-6H3,(H,28,32). The third-order valence-electron chi connectivity index (χ3n) is 5.46. The van der Waals surface area contributed by atoms with Crippen LogP contribution in [-0.4, -0.2) is 51.6 Å². The van der Waals surface area contributed by atoms with E-state index in [0.29, 0.717) is 23.1 Å². The van der Waals surface area contributed by atoms with Gasteiger partial charge in [-0.1, -0.05) is 35.5 Å². The number of anilines is 1. The van der Waals surface area contributed by atoms with Crippen LogP contribution in [0.3, 0.4) is 0 Å². The van der Waals surface area contributed by atoms with Gasteiger partial charge in [-0.2, -0.15) is 0 Å². The van der Waals surface area contributed by atoms with Gasteiger partial charge in [-0.15, -0.1) is 28.1 Å². The highest BCUT2D eigenvalue weighted by molar-refractivity contribution is 7.99. The fourth-order valence-corrected chi connectivity index (χ4v) is 5.55. The highest BCUT2D eigenvalue weighted by atomic mass is 32.2. The Morgan fingerprint density at radius 3 is 2.49 bits per heavy atom. The van der Waals surface area contributed by atoms with Crippen LogP contribution in [0.4, 0.5) is 5.00 Å². The molecule has 0 atom stereocenters. The van der Waals surface area contributed by atoms with Crippen molar-refractivity contribution in [1.82, 2.24) is 14.8 Å². The molecule has 0 saturated heterocycles. The Morgan fingerprint density at radius 2 is 1.82 bits per heavy atom. The Bertz CT molecular complexity index is 1360. The summed E-state index contributed by atoms with van der Waals surface area (Å²) in [7, 11) is 0. The molecule has 10 nitrogen and oxygen atoms in total. The molecule has 39 heavy (non-hydrogen) atoms. The summed E-state index contributed by atoms with van der Waals surface area (Å²) in [4.78, 5) is 38.1. The molecule has 0 radical (unpaired) electrons. The molecule has 0 unspecified atom stereocenters. The lowest BCUT2D eigenvalue weighted by Crippen LogP contribution is -2.17. The average Bonchev–Trinajstić information content (AvgIpc) is 3.42. The molecule has 1 aromatic carbocycles. The van der Waals surface area contributed by atoms with E-state index in [2.05, 4.69) is 22.1 Å². The van der Waals surface area contributed by atoms with Crippen molar-refractivity contribution in [2.24, 2.45) is 0 Å². The molecule has 0 aliphatic rings. The molecule has 1 N–H and O–H groups in total. The number of benzene rings is 1. The molecule has 12 heteroatoms. The van der Waals surface area contributed by atoms with Crippen LogP contribution in [0, 0.1) is 20.8 Å². The molecule has 208 valence electrons. The van der Waals surface area contributed by atoms with Gasteiger partial charge in [-0.3, -0.25) is 9.36 Å². The molecule has 3 aromatic rings. The smallest absolute Gasteiger partial charge is 0.348 e. The minimum atomic E-state index is -0.621. The maximum Gasteiger partial charge on any atom is 0.348 e. The quantitative estimate of drug-likeness (QED) is 0.169. The Balaban J connectivity index is 1.73. The number of aromatic nitrogens is 3. The molecule has 0 bridgehead atoms. The van der Waals surface area contributed by atoms with Crippen molar-refractivity contribution in [1.29, 1.82) is 0 Å². The van der Waals surface area contributed by atoms with Crippen LogP contribution in [0.1, 0.15) is 56.4 Å². The van der Waals surface area contributed by atoms with E-state index in [1.165, 1.54) is 11.8 Å². The summed E-state index contributed by atoms with van der Waals surface area (Å²) in [6, 6.07) is 5.94. The number of esters is 2. The van der Waals surface area contributed by atoms with E-state index in [1.54, 1.807) is 26.8 Å². The summed E-state index contributed by atoms with van der Waals surface area (Å²) in [6.45, 7) is 13.8. The third kappa shape index (κ3) is 7.48. The Morgan fingerprint density at radius 1 is 1.10 bits per heavy atom. The predicted octanol–water partition coefficient (Wildman–Crippen LogP) is 5.11. The van der Waals surface area contributed by atoms with E-state index in [1.807, 2.05) is 36.6 Å². The zero-order valence-electron chi connectivity index (χ0n) is 22.7. The van der Waals surface area contributed by atoms with E-state index in [4.69, 9.17) is 14.2 Å². The first-order chi connectivity index (χ1) is 18.7. The summed E-state index contributed by atoms with van der Waals surface area (Å²) in [5.41, 5.74) is 2.71. The van der Waals surface area contributed by atoms with Crippen LogP contribution in [0.15, 0.2) is 36.0 Å². The number of nitrogens with zero attached hydrogens (tertiary/aromatic N) is 3. The number of hydrogen-bond acceptors (Lipinski definition) is 10. The number of carbonyl (C=O) groups is 3. The highest BCUT2D eigenvalue weighted by Gasteiger charge is 2.27. The molecule has 0 fully saturated rings. The van der Waals surface area contributed by atoms with Gasteiger partial charge in [0, 0.05) is 6.54 Å². The van der Waals surface area contributed by atoms with Crippen LogP contribution in [-0.2, 0) is 27.4 Å². The number of amides is 1. The van der Waals surface area contributed by atoms with Crippen LogP contribution in [0.25, 0.3) is 0 Å². The van der Waals surface area contributed by atoms with Crippen molar-refractivity contribution in [2.45, 2.75) is 52.9 Å². The molecule has 2 heterocycles. The molecule has 2 aromatic heterocycles. The number of allylic oxidation sites excluding steroid dienone is 1. The summed E-state index contributed by atoms with van der Waals surface area (Å²) in [5.74, 6) is -0.231. The molecule has 3 rings (SSSR count). The fraction of sp³-hybridized carbons (Fsp3) is 0.370. The monoisotopic (exact) mass is 572 g/mol. The van der Waals surface area contributed by atoms with E-state index < -0.39 is 11.9 Å². The Kier molecular flexibility index (Phi) is 10.7. The second-order valence-electron chi connectivity index (χ2n) is 8.39. The first-order valence-corrected chi connectivity index (χ1v) is 14.1. The first kappa shape index (κ1) is 29.9. The number of carbonyl (C=O) groups excluding carboxylic acids is 3. The van der Waals surface area contributed by atoms with Crippen molar-refractivity contribution >= 4 is 45.9 Å². The zero-order valence-corrected chi connectivity index (χ0v) is 24.3. The van der Waals surface area contributed by atoms with Crippen molar-refractivity contribution in [3.8, 4) is 5.75 Å². The minimum absolute atomic E-state index is 0.0127. The first-order valence-electron chi connectivity index (χ1n) is 12.3. The van der Waals surface area contributed by atoms with Crippen LogP contribution in [0.5, 0.6) is 5.75 Å². The van der Waals surface area contributed by atoms with Gasteiger partial charge in [0.25, 0.3) is 0 Å². The van der Waals surface area contributed by atoms with Crippen molar-refractivity contribution in [2.75, 3.05) is 24.3 Å². The predicted molar refractivity (Wildman–Crippen MR) is 151 cm³/mol. The lowest BCUT2D eigenvalue weighted by molar-refractivity contribution is -0.113. The lowest BCUT2D eigenvalue weighted by Gasteiger charge is -2.11. The Labute approximate surface area is 235 Å². The van der Waals surface area contributed by atoms with Crippen LogP contribution in [0.2, 0.25) is 0 Å². The largest absolute Gasteiger partial charge is 0.485 e. The molecule has 0 saturated carbocycles. The summed E-state index contributed by atoms with van der Waals surface area (Å²) < 4.78 is 18.0. The van der Waals surface area contributed by atoms with Crippen molar-refractivity contribution in [3.63, 3.8) is 0 Å².